The SMILES string of the molecule is COCCNc1ccc(C(=O)O)cc1S(=O)(=O)NC(C)(C)C. The van der Waals surface area contributed by atoms with Gasteiger partial charge >= 0.3 is 5.97 Å². The van der Waals surface area contributed by atoms with Gasteiger partial charge in [0.15, 0.2) is 0 Å². The molecule has 0 atom stereocenters. The minimum absolute atomic E-state index is 0.0911. The fourth-order valence-electron chi connectivity index (χ4n) is 1.77. The number of methoxy groups -OCH3 is 1. The van der Waals surface area contributed by atoms with Crippen LogP contribution in [-0.4, -0.2) is 45.3 Å². The number of benzene rings is 1. The average Bonchev–Trinajstić information content (AvgIpc) is 2.36. The van der Waals surface area contributed by atoms with E-state index in [1.807, 2.05) is 0 Å². The highest BCUT2D eigenvalue weighted by Crippen LogP contribution is 2.24. The number of sulfonamides is 1. The number of carboxylic acids is 1. The number of hydrogen-bond donors (Lipinski definition) is 3. The van der Waals surface area contributed by atoms with E-state index >= 15 is 0 Å². The van der Waals surface area contributed by atoms with Crippen LogP contribution in [0.2, 0.25) is 0 Å². The Morgan fingerprint density at radius 2 is 1.95 bits per heavy atom. The van der Waals surface area contributed by atoms with Crippen LogP contribution >= 0.6 is 0 Å². The molecule has 3 N–H and O–H groups in total. The van der Waals surface area contributed by atoms with E-state index in [4.69, 9.17) is 9.84 Å². The molecule has 1 rings (SSSR count). The fraction of sp³-hybridized carbons (Fsp3) is 0.500. The van der Waals surface area contributed by atoms with Crippen molar-refractivity contribution in [2.75, 3.05) is 25.6 Å². The van der Waals surface area contributed by atoms with E-state index in [-0.39, 0.29) is 10.5 Å². The normalized spacial score (nSPS) is 12.2. The summed E-state index contributed by atoms with van der Waals surface area (Å²) >= 11 is 0. The Morgan fingerprint density at radius 1 is 1.32 bits per heavy atom. The molecule has 0 unspecified atom stereocenters. The molecule has 0 saturated heterocycles. The molecule has 0 aliphatic carbocycles. The van der Waals surface area contributed by atoms with Crippen molar-refractivity contribution in [2.24, 2.45) is 0 Å². The number of nitrogens with one attached hydrogen (secondary N) is 2. The molecule has 0 aliphatic rings. The fourth-order valence-corrected chi connectivity index (χ4v) is 3.40. The van der Waals surface area contributed by atoms with E-state index < -0.39 is 21.5 Å². The van der Waals surface area contributed by atoms with Gasteiger partial charge in [-0.2, -0.15) is 0 Å². The van der Waals surface area contributed by atoms with Gasteiger partial charge in [-0.05, 0) is 39.0 Å². The molecule has 0 aliphatic heterocycles. The van der Waals surface area contributed by atoms with Crippen LogP contribution in [0.3, 0.4) is 0 Å². The second-order valence-electron chi connectivity index (χ2n) is 5.79. The average molecular weight is 330 g/mol. The van der Waals surface area contributed by atoms with Crippen molar-refractivity contribution in [3.63, 3.8) is 0 Å². The highest BCUT2D eigenvalue weighted by Gasteiger charge is 2.25. The quantitative estimate of drug-likeness (QED) is 0.655. The largest absolute Gasteiger partial charge is 0.478 e. The van der Waals surface area contributed by atoms with E-state index in [2.05, 4.69) is 10.0 Å². The summed E-state index contributed by atoms with van der Waals surface area (Å²) in [7, 11) is -2.32. The summed E-state index contributed by atoms with van der Waals surface area (Å²) < 4.78 is 32.4. The highest BCUT2D eigenvalue weighted by molar-refractivity contribution is 7.89. The summed E-state index contributed by atoms with van der Waals surface area (Å²) in [5, 5.41) is 12.0. The Morgan fingerprint density at radius 3 is 2.45 bits per heavy atom. The van der Waals surface area contributed by atoms with Crippen LogP contribution in [0.4, 0.5) is 5.69 Å². The Hall–Kier alpha value is -1.64. The van der Waals surface area contributed by atoms with Crippen LogP contribution in [0.25, 0.3) is 0 Å². The predicted octanol–water partition coefficient (Wildman–Crippen LogP) is 1.52. The monoisotopic (exact) mass is 330 g/mol. The van der Waals surface area contributed by atoms with Gasteiger partial charge in [0, 0.05) is 19.2 Å². The number of aromatic carboxylic acids is 1. The van der Waals surface area contributed by atoms with Crippen molar-refractivity contribution in [3.8, 4) is 0 Å². The lowest BCUT2D eigenvalue weighted by Crippen LogP contribution is -2.40. The van der Waals surface area contributed by atoms with Gasteiger partial charge in [-0.25, -0.2) is 17.9 Å². The van der Waals surface area contributed by atoms with Gasteiger partial charge in [0.05, 0.1) is 17.9 Å². The molecule has 1 aromatic carbocycles. The van der Waals surface area contributed by atoms with Gasteiger partial charge < -0.3 is 15.2 Å². The zero-order chi connectivity index (χ0) is 17.0. The van der Waals surface area contributed by atoms with Crippen LogP contribution in [0.15, 0.2) is 23.1 Å². The lowest BCUT2D eigenvalue weighted by molar-refractivity contribution is 0.0696. The smallest absolute Gasteiger partial charge is 0.335 e. The molecule has 0 fully saturated rings. The molecule has 0 spiro atoms. The van der Waals surface area contributed by atoms with E-state index in [1.54, 1.807) is 20.8 Å². The summed E-state index contributed by atoms with van der Waals surface area (Å²) in [5.41, 5.74) is -0.438. The summed E-state index contributed by atoms with van der Waals surface area (Å²) in [4.78, 5) is 11.0. The number of carbonyl (C=O) groups is 1. The van der Waals surface area contributed by atoms with Gasteiger partial charge in [0.25, 0.3) is 0 Å². The molecule has 1 aromatic rings. The topological polar surface area (TPSA) is 105 Å². The molecule has 0 bridgehead atoms. The van der Waals surface area contributed by atoms with E-state index in [0.29, 0.717) is 18.8 Å². The van der Waals surface area contributed by atoms with Crippen molar-refractivity contribution < 1.29 is 23.1 Å². The second kappa shape index (κ2) is 7.08. The van der Waals surface area contributed by atoms with Crippen LogP contribution in [-0.2, 0) is 14.8 Å². The van der Waals surface area contributed by atoms with Crippen LogP contribution in [0, 0.1) is 0 Å². The zero-order valence-corrected chi connectivity index (χ0v) is 14.0. The number of hydrogen-bond acceptors (Lipinski definition) is 5. The maximum absolute atomic E-state index is 12.5. The van der Waals surface area contributed by atoms with Crippen LogP contribution in [0.1, 0.15) is 31.1 Å². The lowest BCUT2D eigenvalue weighted by Gasteiger charge is -2.22. The van der Waals surface area contributed by atoms with Crippen molar-refractivity contribution >= 4 is 21.7 Å². The van der Waals surface area contributed by atoms with Gasteiger partial charge in [-0.1, -0.05) is 0 Å². The molecular weight excluding hydrogens is 308 g/mol. The van der Waals surface area contributed by atoms with E-state index in [1.165, 1.54) is 19.2 Å². The van der Waals surface area contributed by atoms with Crippen molar-refractivity contribution in [1.29, 1.82) is 0 Å². The maximum Gasteiger partial charge on any atom is 0.335 e. The molecule has 0 radical (unpaired) electrons. The molecule has 22 heavy (non-hydrogen) atoms. The third kappa shape index (κ3) is 5.28. The van der Waals surface area contributed by atoms with Gasteiger partial charge in [-0.15, -0.1) is 0 Å². The first-order valence-electron chi connectivity index (χ1n) is 6.71. The standard InChI is InChI=1S/C14H22N2O5S/c1-14(2,3)16-22(19,20)12-9-10(13(17)18)5-6-11(12)15-7-8-21-4/h5-6,9,15-16H,7-8H2,1-4H3,(H,17,18). The molecule has 0 amide bonds. The van der Waals surface area contributed by atoms with E-state index in [0.717, 1.165) is 6.07 Å². The van der Waals surface area contributed by atoms with Crippen LogP contribution < -0.4 is 10.0 Å². The van der Waals surface area contributed by atoms with Gasteiger partial charge in [-0.3, -0.25) is 0 Å². The predicted molar refractivity (Wildman–Crippen MR) is 83.8 cm³/mol. The molecule has 0 aromatic heterocycles. The first kappa shape index (κ1) is 18.4. The zero-order valence-electron chi connectivity index (χ0n) is 13.1. The third-order valence-corrected chi connectivity index (χ3v) is 4.38. The number of rotatable bonds is 7. The minimum atomic E-state index is -3.86. The molecule has 0 saturated carbocycles. The number of ether oxygens (including phenoxy) is 1. The van der Waals surface area contributed by atoms with Gasteiger partial charge in [0.1, 0.15) is 4.90 Å². The highest BCUT2D eigenvalue weighted by atomic mass is 32.2. The Kier molecular flexibility index (Phi) is 5.92. The first-order chi connectivity index (χ1) is 10.1. The number of anilines is 1. The molecule has 8 heteroatoms. The van der Waals surface area contributed by atoms with E-state index in [9.17, 15) is 13.2 Å². The number of carboxylic acid groups (broad SMARTS) is 1. The Balaban J connectivity index is 3.27. The molecule has 124 valence electrons. The van der Waals surface area contributed by atoms with Crippen molar-refractivity contribution in [3.05, 3.63) is 23.8 Å². The van der Waals surface area contributed by atoms with Crippen LogP contribution in [0.5, 0.6) is 0 Å². The first-order valence-corrected chi connectivity index (χ1v) is 8.19. The maximum atomic E-state index is 12.5. The summed E-state index contributed by atoms with van der Waals surface area (Å²) in [5.74, 6) is -1.18. The molecular formula is C14H22N2O5S. The van der Waals surface area contributed by atoms with Crippen molar-refractivity contribution in [1.82, 2.24) is 4.72 Å². The Bertz CT molecular complexity index is 635. The lowest BCUT2D eigenvalue weighted by atomic mass is 10.1. The Labute approximate surface area is 130 Å². The molecule has 7 nitrogen and oxygen atoms in total. The summed E-state index contributed by atoms with van der Waals surface area (Å²) in [6.07, 6.45) is 0. The third-order valence-electron chi connectivity index (χ3n) is 2.58. The summed E-state index contributed by atoms with van der Waals surface area (Å²) in [6.45, 7) is 5.94. The summed E-state index contributed by atoms with van der Waals surface area (Å²) in [6, 6.07) is 3.94. The second-order valence-corrected chi connectivity index (χ2v) is 7.44. The minimum Gasteiger partial charge on any atom is -0.478 e. The molecule has 0 heterocycles. The van der Waals surface area contributed by atoms with Crippen molar-refractivity contribution in [2.45, 2.75) is 31.2 Å². The van der Waals surface area contributed by atoms with Gasteiger partial charge in [0.2, 0.25) is 10.0 Å².